The number of hydrogen-bond donors (Lipinski definition) is 0. The maximum atomic E-state index is 12.8. The third-order valence-corrected chi connectivity index (χ3v) is 5.70. The van der Waals surface area contributed by atoms with Crippen molar-refractivity contribution in [3.8, 4) is 22.1 Å². The van der Waals surface area contributed by atoms with E-state index < -0.39 is 0 Å². The molecule has 3 rings (SSSR count). The Bertz CT molecular complexity index is 875. The lowest BCUT2D eigenvalue weighted by Gasteiger charge is -2.18. The summed E-state index contributed by atoms with van der Waals surface area (Å²) in [5, 5.41) is 4.61. The molecule has 0 fully saturated rings. The molecule has 1 amide bonds. The lowest BCUT2D eigenvalue weighted by atomic mass is 10.2. The molecule has 0 unspecified atom stereocenters. The molecule has 3 aromatic rings. The van der Waals surface area contributed by atoms with Gasteiger partial charge in [0.2, 0.25) is 0 Å². The van der Waals surface area contributed by atoms with Crippen LogP contribution in [0.15, 0.2) is 41.1 Å². The predicted octanol–water partition coefficient (Wildman–Crippen LogP) is 4.55. The quantitative estimate of drug-likeness (QED) is 0.596. The smallest absolute Gasteiger partial charge is 0.273 e. The Morgan fingerprint density at radius 2 is 1.96 bits per heavy atom. The number of carbonyl (C=O) groups is 1. The monoisotopic (exact) mass is 388 g/mol. The third-order valence-electron chi connectivity index (χ3n) is 3.95. The summed E-state index contributed by atoms with van der Waals surface area (Å²) < 4.78 is 10.6. The number of amides is 1. The van der Waals surface area contributed by atoms with Gasteiger partial charge < -0.3 is 14.4 Å². The van der Waals surface area contributed by atoms with E-state index in [0.29, 0.717) is 30.3 Å². The number of rotatable bonds is 7. The van der Waals surface area contributed by atoms with Crippen LogP contribution in [-0.4, -0.2) is 36.6 Å². The molecule has 0 aliphatic carbocycles. The summed E-state index contributed by atoms with van der Waals surface area (Å²) in [7, 11) is 3.20. The first-order chi connectivity index (χ1) is 12.7. The highest BCUT2D eigenvalue weighted by Crippen LogP contribution is 2.33. The Labute approximate surface area is 160 Å². The standard InChI is InChI=1S/C19H20N2O3S2/c1-4-21(11-14-6-5-9-25-14)19(22)15-12-26-18(20-15)13-7-8-16(23-2)17(10-13)24-3/h5-10,12H,4,11H2,1-3H3. The number of carbonyl (C=O) groups excluding carboxylic acids is 1. The van der Waals surface area contributed by atoms with E-state index in [9.17, 15) is 4.79 Å². The fourth-order valence-electron chi connectivity index (χ4n) is 2.55. The molecule has 0 spiro atoms. The molecule has 0 bridgehead atoms. The molecule has 0 N–H and O–H groups in total. The van der Waals surface area contributed by atoms with Gasteiger partial charge in [0.15, 0.2) is 11.5 Å². The van der Waals surface area contributed by atoms with Gasteiger partial charge in [-0.3, -0.25) is 4.79 Å². The third kappa shape index (κ3) is 3.89. The van der Waals surface area contributed by atoms with Gasteiger partial charge >= 0.3 is 0 Å². The van der Waals surface area contributed by atoms with E-state index in [-0.39, 0.29) is 5.91 Å². The van der Waals surface area contributed by atoms with Gasteiger partial charge in [0, 0.05) is 22.4 Å². The molecule has 26 heavy (non-hydrogen) atoms. The Morgan fingerprint density at radius 1 is 1.15 bits per heavy atom. The van der Waals surface area contributed by atoms with E-state index in [2.05, 4.69) is 4.98 Å². The number of methoxy groups -OCH3 is 2. The molecule has 136 valence electrons. The molecule has 0 aliphatic heterocycles. The zero-order valence-electron chi connectivity index (χ0n) is 14.9. The molecule has 1 aromatic carbocycles. The largest absolute Gasteiger partial charge is 0.493 e. The van der Waals surface area contributed by atoms with Crippen LogP contribution in [0.1, 0.15) is 22.3 Å². The number of nitrogens with zero attached hydrogens (tertiary/aromatic N) is 2. The summed E-state index contributed by atoms with van der Waals surface area (Å²) in [5.41, 5.74) is 1.37. The fraction of sp³-hybridized carbons (Fsp3) is 0.263. The molecule has 5 nitrogen and oxygen atoms in total. The van der Waals surface area contributed by atoms with Crippen LogP contribution in [0.5, 0.6) is 11.5 Å². The predicted molar refractivity (Wildman–Crippen MR) is 105 cm³/mol. The molecule has 2 aromatic heterocycles. The number of benzene rings is 1. The summed E-state index contributed by atoms with van der Waals surface area (Å²) in [6, 6.07) is 9.66. The summed E-state index contributed by atoms with van der Waals surface area (Å²) in [4.78, 5) is 20.3. The summed E-state index contributed by atoms with van der Waals surface area (Å²) in [5.74, 6) is 1.25. The summed E-state index contributed by atoms with van der Waals surface area (Å²) >= 11 is 3.10. The minimum atomic E-state index is -0.0520. The lowest BCUT2D eigenvalue weighted by Crippen LogP contribution is -2.30. The van der Waals surface area contributed by atoms with Crippen LogP contribution >= 0.6 is 22.7 Å². The SMILES string of the molecule is CCN(Cc1cccs1)C(=O)c1csc(-c2ccc(OC)c(OC)c2)n1. The fourth-order valence-corrected chi connectivity index (χ4v) is 4.06. The minimum absolute atomic E-state index is 0.0520. The second-order valence-corrected chi connectivity index (χ2v) is 7.40. The average molecular weight is 389 g/mol. The topological polar surface area (TPSA) is 51.7 Å². The highest BCUT2D eigenvalue weighted by atomic mass is 32.1. The Morgan fingerprint density at radius 3 is 2.62 bits per heavy atom. The number of thiophene rings is 1. The highest BCUT2D eigenvalue weighted by molar-refractivity contribution is 7.13. The van der Waals surface area contributed by atoms with Crippen LogP contribution in [0.2, 0.25) is 0 Å². The van der Waals surface area contributed by atoms with Crippen molar-refractivity contribution in [2.24, 2.45) is 0 Å². The maximum absolute atomic E-state index is 12.8. The normalized spacial score (nSPS) is 10.6. The van der Waals surface area contributed by atoms with Crippen LogP contribution < -0.4 is 9.47 Å². The maximum Gasteiger partial charge on any atom is 0.273 e. The molecule has 0 saturated heterocycles. The van der Waals surface area contributed by atoms with Gasteiger partial charge in [-0.15, -0.1) is 22.7 Å². The van der Waals surface area contributed by atoms with Crippen molar-refractivity contribution in [1.29, 1.82) is 0 Å². The molecule has 2 heterocycles. The van der Waals surface area contributed by atoms with Crippen molar-refractivity contribution in [3.63, 3.8) is 0 Å². The van der Waals surface area contributed by atoms with Gasteiger partial charge in [-0.25, -0.2) is 4.98 Å². The van der Waals surface area contributed by atoms with Crippen LogP contribution in [-0.2, 0) is 6.54 Å². The van der Waals surface area contributed by atoms with Crippen LogP contribution in [0, 0.1) is 0 Å². The van der Waals surface area contributed by atoms with Crippen molar-refractivity contribution in [2.45, 2.75) is 13.5 Å². The van der Waals surface area contributed by atoms with E-state index in [1.807, 2.05) is 48.0 Å². The molecular weight excluding hydrogens is 368 g/mol. The number of aromatic nitrogens is 1. The number of ether oxygens (including phenoxy) is 2. The van der Waals surface area contributed by atoms with Crippen molar-refractivity contribution in [3.05, 3.63) is 51.7 Å². The highest BCUT2D eigenvalue weighted by Gasteiger charge is 2.19. The first-order valence-corrected chi connectivity index (χ1v) is 9.91. The molecule has 0 atom stereocenters. The van der Waals surface area contributed by atoms with Gasteiger partial charge in [0.25, 0.3) is 5.91 Å². The Hall–Kier alpha value is -2.38. The van der Waals surface area contributed by atoms with Gasteiger partial charge in [0.05, 0.1) is 20.8 Å². The van der Waals surface area contributed by atoms with Crippen molar-refractivity contribution < 1.29 is 14.3 Å². The molecule has 7 heteroatoms. The van der Waals surface area contributed by atoms with E-state index in [1.165, 1.54) is 11.3 Å². The zero-order valence-corrected chi connectivity index (χ0v) is 16.5. The summed E-state index contributed by atoms with van der Waals surface area (Å²) in [6.07, 6.45) is 0. The van der Waals surface area contributed by atoms with E-state index in [0.717, 1.165) is 15.4 Å². The summed E-state index contributed by atoms with van der Waals surface area (Å²) in [6.45, 7) is 3.23. The van der Waals surface area contributed by atoms with Crippen molar-refractivity contribution >= 4 is 28.6 Å². The van der Waals surface area contributed by atoms with Crippen molar-refractivity contribution in [1.82, 2.24) is 9.88 Å². The van der Waals surface area contributed by atoms with Crippen LogP contribution in [0.25, 0.3) is 10.6 Å². The average Bonchev–Trinajstić information content (AvgIpc) is 3.36. The van der Waals surface area contributed by atoms with Gasteiger partial charge in [-0.1, -0.05) is 6.07 Å². The van der Waals surface area contributed by atoms with Gasteiger partial charge in [-0.05, 0) is 36.6 Å². The Kier molecular flexibility index (Phi) is 5.90. The van der Waals surface area contributed by atoms with Crippen LogP contribution in [0.4, 0.5) is 0 Å². The van der Waals surface area contributed by atoms with E-state index >= 15 is 0 Å². The number of hydrogen-bond acceptors (Lipinski definition) is 6. The number of thiazole rings is 1. The van der Waals surface area contributed by atoms with Gasteiger partial charge in [-0.2, -0.15) is 0 Å². The molecular formula is C19H20N2O3S2. The zero-order chi connectivity index (χ0) is 18.5. The Balaban J connectivity index is 1.81. The van der Waals surface area contributed by atoms with E-state index in [1.54, 1.807) is 30.5 Å². The lowest BCUT2D eigenvalue weighted by molar-refractivity contribution is 0.0749. The second-order valence-electron chi connectivity index (χ2n) is 5.51. The van der Waals surface area contributed by atoms with Gasteiger partial charge in [0.1, 0.15) is 10.7 Å². The molecule has 0 saturated carbocycles. The second kappa shape index (κ2) is 8.33. The van der Waals surface area contributed by atoms with Crippen LogP contribution in [0.3, 0.4) is 0 Å². The first-order valence-electron chi connectivity index (χ1n) is 8.15. The van der Waals surface area contributed by atoms with Crippen molar-refractivity contribution in [2.75, 3.05) is 20.8 Å². The molecule has 0 radical (unpaired) electrons. The van der Waals surface area contributed by atoms with E-state index in [4.69, 9.17) is 9.47 Å². The molecule has 0 aliphatic rings. The first kappa shape index (κ1) is 18.4. The minimum Gasteiger partial charge on any atom is -0.493 e.